The molecule has 3 fully saturated rings. The standard InChI is InChI=1S/C21H30N2O.ClH/c24-21(23-12-10-19-14-22-15-20(19)11-13-23)18-8-6-17(7-9-18)16-4-2-1-3-5-16;/h1-5,17-20,22H,6-15H2;1H/t17?,18?,19-,20+;. The number of benzene rings is 1. The number of amides is 1. The second kappa shape index (κ2) is 8.55. The molecule has 1 N–H and O–H groups in total. The van der Waals surface area contributed by atoms with E-state index in [0.29, 0.717) is 11.8 Å². The van der Waals surface area contributed by atoms with Crippen molar-refractivity contribution in [2.45, 2.75) is 44.4 Å². The molecule has 138 valence electrons. The molecule has 0 bridgehead atoms. The molecule has 0 radical (unpaired) electrons. The number of carbonyl (C=O) groups excluding carboxylic acids is 1. The lowest BCUT2D eigenvalue weighted by atomic mass is 9.78. The van der Waals surface area contributed by atoms with E-state index in [1.807, 2.05) is 0 Å². The molecule has 2 saturated heterocycles. The minimum atomic E-state index is 0. The summed E-state index contributed by atoms with van der Waals surface area (Å²) in [5, 5.41) is 3.52. The van der Waals surface area contributed by atoms with Crippen molar-refractivity contribution in [3.05, 3.63) is 35.9 Å². The van der Waals surface area contributed by atoms with Crippen LogP contribution in [0, 0.1) is 17.8 Å². The van der Waals surface area contributed by atoms with Gasteiger partial charge in [-0.15, -0.1) is 12.4 Å². The number of hydrogen-bond acceptors (Lipinski definition) is 2. The van der Waals surface area contributed by atoms with Crippen molar-refractivity contribution in [3.63, 3.8) is 0 Å². The Morgan fingerprint density at radius 1 is 0.880 bits per heavy atom. The lowest BCUT2D eigenvalue weighted by Gasteiger charge is -2.32. The van der Waals surface area contributed by atoms with Crippen molar-refractivity contribution < 1.29 is 4.79 Å². The van der Waals surface area contributed by atoms with E-state index in [-0.39, 0.29) is 18.3 Å². The van der Waals surface area contributed by atoms with Crippen LogP contribution < -0.4 is 5.32 Å². The predicted molar refractivity (Wildman–Crippen MR) is 104 cm³/mol. The van der Waals surface area contributed by atoms with Gasteiger partial charge in [-0.2, -0.15) is 0 Å². The first-order valence-electron chi connectivity index (χ1n) is 9.85. The lowest BCUT2D eigenvalue weighted by Crippen LogP contribution is -2.38. The Hall–Kier alpha value is -1.06. The molecule has 1 aliphatic carbocycles. The fourth-order valence-electron chi connectivity index (χ4n) is 5.10. The summed E-state index contributed by atoms with van der Waals surface area (Å²) in [7, 11) is 0. The molecule has 3 nitrogen and oxygen atoms in total. The van der Waals surface area contributed by atoms with E-state index in [4.69, 9.17) is 0 Å². The van der Waals surface area contributed by atoms with Crippen LogP contribution in [0.2, 0.25) is 0 Å². The Morgan fingerprint density at radius 2 is 1.48 bits per heavy atom. The zero-order chi connectivity index (χ0) is 16.4. The number of likely N-dealkylation sites (tertiary alicyclic amines) is 1. The molecule has 4 heteroatoms. The van der Waals surface area contributed by atoms with E-state index in [0.717, 1.165) is 50.9 Å². The van der Waals surface area contributed by atoms with Crippen molar-refractivity contribution in [1.82, 2.24) is 10.2 Å². The summed E-state index contributed by atoms with van der Waals surface area (Å²) in [5.41, 5.74) is 1.46. The van der Waals surface area contributed by atoms with Crippen LogP contribution in [0.1, 0.15) is 50.0 Å². The fraction of sp³-hybridized carbons (Fsp3) is 0.667. The molecule has 25 heavy (non-hydrogen) atoms. The van der Waals surface area contributed by atoms with E-state index < -0.39 is 0 Å². The molecular formula is C21H31ClN2O. The summed E-state index contributed by atoms with van der Waals surface area (Å²) in [6.45, 7) is 4.30. The summed E-state index contributed by atoms with van der Waals surface area (Å²) in [6.07, 6.45) is 6.88. The molecule has 0 aromatic heterocycles. The second-order valence-electron chi connectivity index (χ2n) is 8.04. The number of halogens is 1. The number of carbonyl (C=O) groups is 1. The van der Waals surface area contributed by atoms with Gasteiger partial charge in [0.1, 0.15) is 0 Å². The number of fused-ring (bicyclic) bond motifs is 1. The topological polar surface area (TPSA) is 32.3 Å². The predicted octanol–water partition coefficient (Wildman–Crippen LogP) is 3.84. The largest absolute Gasteiger partial charge is 0.342 e. The molecule has 4 rings (SSSR count). The molecule has 1 aromatic rings. The first kappa shape index (κ1) is 18.7. The summed E-state index contributed by atoms with van der Waals surface area (Å²) < 4.78 is 0. The molecule has 0 unspecified atom stereocenters. The lowest BCUT2D eigenvalue weighted by molar-refractivity contribution is -0.136. The van der Waals surface area contributed by atoms with Gasteiger partial charge in [0.15, 0.2) is 0 Å². The van der Waals surface area contributed by atoms with Crippen LogP contribution in [0.25, 0.3) is 0 Å². The third kappa shape index (κ3) is 4.20. The van der Waals surface area contributed by atoms with Gasteiger partial charge in [-0.05, 0) is 74.9 Å². The highest BCUT2D eigenvalue weighted by atomic mass is 35.5. The van der Waals surface area contributed by atoms with E-state index in [1.54, 1.807) is 0 Å². The summed E-state index contributed by atoms with van der Waals surface area (Å²) in [4.78, 5) is 15.2. The molecule has 2 heterocycles. The van der Waals surface area contributed by atoms with Crippen molar-refractivity contribution in [2.24, 2.45) is 17.8 Å². The van der Waals surface area contributed by atoms with E-state index in [2.05, 4.69) is 40.5 Å². The average Bonchev–Trinajstić information content (AvgIpc) is 3.00. The van der Waals surface area contributed by atoms with E-state index in [9.17, 15) is 4.79 Å². The number of rotatable bonds is 2. The summed E-state index contributed by atoms with van der Waals surface area (Å²) in [5.74, 6) is 2.99. The van der Waals surface area contributed by atoms with Gasteiger partial charge in [0.25, 0.3) is 0 Å². The van der Waals surface area contributed by atoms with Crippen molar-refractivity contribution in [1.29, 1.82) is 0 Å². The first-order chi connectivity index (χ1) is 11.8. The quantitative estimate of drug-likeness (QED) is 0.866. The summed E-state index contributed by atoms with van der Waals surface area (Å²) in [6, 6.07) is 10.8. The number of nitrogens with one attached hydrogen (secondary N) is 1. The minimum Gasteiger partial charge on any atom is -0.342 e. The van der Waals surface area contributed by atoms with Gasteiger partial charge in [0, 0.05) is 19.0 Å². The Bertz CT molecular complexity index is 542. The molecule has 2 aliphatic heterocycles. The highest BCUT2D eigenvalue weighted by molar-refractivity contribution is 5.85. The van der Waals surface area contributed by atoms with Gasteiger partial charge in [-0.25, -0.2) is 0 Å². The van der Waals surface area contributed by atoms with Crippen LogP contribution in [0.3, 0.4) is 0 Å². The Labute approximate surface area is 158 Å². The third-order valence-electron chi connectivity index (χ3n) is 6.68. The van der Waals surface area contributed by atoms with Crippen molar-refractivity contribution in [3.8, 4) is 0 Å². The molecule has 0 spiro atoms. The molecular weight excluding hydrogens is 332 g/mol. The van der Waals surface area contributed by atoms with Gasteiger partial charge in [0.05, 0.1) is 0 Å². The molecule has 1 amide bonds. The van der Waals surface area contributed by atoms with Crippen LogP contribution in [-0.4, -0.2) is 37.0 Å². The number of nitrogens with zero attached hydrogens (tertiary/aromatic N) is 1. The van der Waals surface area contributed by atoms with Gasteiger partial charge >= 0.3 is 0 Å². The van der Waals surface area contributed by atoms with Crippen molar-refractivity contribution in [2.75, 3.05) is 26.2 Å². The number of hydrogen-bond donors (Lipinski definition) is 1. The molecule has 3 aliphatic rings. The SMILES string of the molecule is Cl.O=C(C1CCC(c2ccccc2)CC1)N1CC[C@@H]2CNC[C@@H]2CC1. The Morgan fingerprint density at radius 3 is 2.08 bits per heavy atom. The Kier molecular flexibility index (Phi) is 6.40. The highest BCUT2D eigenvalue weighted by Gasteiger charge is 2.34. The third-order valence-corrected chi connectivity index (χ3v) is 6.68. The maximum atomic E-state index is 13.0. The van der Waals surface area contributed by atoms with Gasteiger partial charge in [-0.1, -0.05) is 30.3 Å². The van der Waals surface area contributed by atoms with Gasteiger partial charge in [-0.3, -0.25) is 4.79 Å². The van der Waals surface area contributed by atoms with Crippen LogP contribution in [0.5, 0.6) is 0 Å². The minimum absolute atomic E-state index is 0. The van der Waals surface area contributed by atoms with Crippen LogP contribution in [-0.2, 0) is 4.79 Å². The normalized spacial score (nSPS) is 32.4. The fourth-order valence-corrected chi connectivity index (χ4v) is 5.10. The van der Waals surface area contributed by atoms with E-state index in [1.165, 1.54) is 31.2 Å². The zero-order valence-electron chi connectivity index (χ0n) is 15.0. The molecule has 2 atom stereocenters. The molecule has 1 saturated carbocycles. The van der Waals surface area contributed by atoms with Crippen LogP contribution >= 0.6 is 12.4 Å². The second-order valence-corrected chi connectivity index (χ2v) is 8.04. The first-order valence-corrected chi connectivity index (χ1v) is 9.85. The highest BCUT2D eigenvalue weighted by Crippen LogP contribution is 2.37. The maximum Gasteiger partial charge on any atom is 0.225 e. The average molecular weight is 363 g/mol. The van der Waals surface area contributed by atoms with Crippen LogP contribution in [0.15, 0.2) is 30.3 Å². The zero-order valence-corrected chi connectivity index (χ0v) is 15.8. The van der Waals surface area contributed by atoms with Crippen molar-refractivity contribution >= 4 is 18.3 Å². The Balaban J connectivity index is 0.00000182. The smallest absolute Gasteiger partial charge is 0.225 e. The van der Waals surface area contributed by atoms with Gasteiger partial charge < -0.3 is 10.2 Å². The van der Waals surface area contributed by atoms with E-state index >= 15 is 0 Å². The van der Waals surface area contributed by atoms with Crippen LogP contribution in [0.4, 0.5) is 0 Å². The maximum absolute atomic E-state index is 13.0. The summed E-state index contributed by atoms with van der Waals surface area (Å²) >= 11 is 0. The molecule has 1 aromatic carbocycles. The monoisotopic (exact) mass is 362 g/mol. The van der Waals surface area contributed by atoms with Gasteiger partial charge in [0.2, 0.25) is 5.91 Å².